The second-order valence-corrected chi connectivity index (χ2v) is 5.17. The lowest BCUT2D eigenvalue weighted by atomic mass is 10.1. The van der Waals surface area contributed by atoms with Crippen LogP contribution in [0.25, 0.3) is 0 Å². The summed E-state index contributed by atoms with van der Waals surface area (Å²) in [6, 6.07) is 6.44. The number of nitrogens with one attached hydrogen (secondary N) is 1. The van der Waals surface area contributed by atoms with Gasteiger partial charge in [0, 0.05) is 38.6 Å². The van der Waals surface area contributed by atoms with Crippen LogP contribution in [0.1, 0.15) is 11.7 Å². The molecule has 0 unspecified atom stereocenters. The van der Waals surface area contributed by atoms with E-state index in [1.165, 1.54) is 12.1 Å². The summed E-state index contributed by atoms with van der Waals surface area (Å²) in [6.45, 7) is 3.68. The van der Waals surface area contributed by atoms with Crippen molar-refractivity contribution in [2.45, 2.75) is 12.6 Å². The second kappa shape index (κ2) is 6.24. The van der Waals surface area contributed by atoms with Gasteiger partial charge in [-0.2, -0.15) is 0 Å². The molecule has 2 heterocycles. The molecule has 1 atom stereocenters. The molecule has 1 aromatic heterocycles. The minimum absolute atomic E-state index is 0.0395. The van der Waals surface area contributed by atoms with Crippen LogP contribution in [0.15, 0.2) is 41.5 Å². The van der Waals surface area contributed by atoms with E-state index in [4.69, 9.17) is 4.74 Å². The van der Waals surface area contributed by atoms with E-state index in [-0.39, 0.29) is 17.6 Å². The number of H-pyrrole nitrogens is 1. The van der Waals surface area contributed by atoms with Crippen LogP contribution in [-0.2, 0) is 11.3 Å². The monoisotopic (exact) mass is 291 g/mol. The smallest absolute Gasteiger partial charge is 0.325 e. The van der Waals surface area contributed by atoms with E-state index in [1.807, 2.05) is 0 Å². The highest BCUT2D eigenvalue weighted by molar-refractivity contribution is 5.19. The number of halogens is 1. The van der Waals surface area contributed by atoms with Crippen molar-refractivity contribution in [2.24, 2.45) is 0 Å². The zero-order chi connectivity index (χ0) is 14.7. The van der Waals surface area contributed by atoms with E-state index < -0.39 is 0 Å². The van der Waals surface area contributed by atoms with Gasteiger partial charge >= 0.3 is 5.69 Å². The molecule has 1 aliphatic heterocycles. The number of rotatable bonds is 4. The lowest BCUT2D eigenvalue weighted by Crippen LogP contribution is -2.40. The fraction of sp³-hybridized carbons (Fsp3) is 0.400. The van der Waals surface area contributed by atoms with Gasteiger partial charge in [-0.15, -0.1) is 0 Å². The zero-order valence-electron chi connectivity index (χ0n) is 11.7. The molecule has 2 aromatic rings. The molecule has 5 nitrogen and oxygen atoms in total. The first-order valence-electron chi connectivity index (χ1n) is 7.05. The summed E-state index contributed by atoms with van der Waals surface area (Å²) in [7, 11) is 0. The molecular formula is C15H18FN3O2. The Labute approximate surface area is 122 Å². The lowest BCUT2D eigenvalue weighted by molar-refractivity contribution is -0.0309. The third-order valence-electron chi connectivity index (χ3n) is 3.77. The number of imidazole rings is 1. The van der Waals surface area contributed by atoms with Gasteiger partial charge in [-0.3, -0.25) is 9.47 Å². The lowest BCUT2D eigenvalue weighted by Gasteiger charge is -2.33. The largest absolute Gasteiger partial charge is 0.371 e. The van der Waals surface area contributed by atoms with Crippen LogP contribution < -0.4 is 5.69 Å². The van der Waals surface area contributed by atoms with Gasteiger partial charge in [0.1, 0.15) is 5.82 Å². The molecule has 0 radical (unpaired) electrons. The van der Waals surface area contributed by atoms with E-state index in [0.717, 1.165) is 25.2 Å². The highest BCUT2D eigenvalue weighted by Crippen LogP contribution is 2.22. The Hall–Kier alpha value is -1.92. The summed E-state index contributed by atoms with van der Waals surface area (Å²) in [5.74, 6) is -0.238. The van der Waals surface area contributed by atoms with Gasteiger partial charge < -0.3 is 9.72 Å². The zero-order valence-corrected chi connectivity index (χ0v) is 11.7. The first-order valence-corrected chi connectivity index (χ1v) is 7.05. The molecule has 0 bridgehead atoms. The maximum Gasteiger partial charge on any atom is 0.325 e. The molecule has 21 heavy (non-hydrogen) atoms. The van der Waals surface area contributed by atoms with Crippen molar-refractivity contribution in [2.75, 3.05) is 26.2 Å². The number of benzene rings is 1. The number of aromatic nitrogens is 2. The summed E-state index contributed by atoms with van der Waals surface area (Å²) in [6.07, 6.45) is 3.35. The minimum Gasteiger partial charge on any atom is -0.371 e. The molecule has 1 fully saturated rings. The van der Waals surface area contributed by atoms with Crippen molar-refractivity contribution in [1.82, 2.24) is 14.5 Å². The highest BCUT2D eigenvalue weighted by Gasteiger charge is 2.21. The first-order chi connectivity index (χ1) is 10.2. The maximum absolute atomic E-state index is 13.0. The molecule has 112 valence electrons. The van der Waals surface area contributed by atoms with Crippen LogP contribution in [0, 0.1) is 5.82 Å². The Morgan fingerprint density at radius 3 is 2.81 bits per heavy atom. The van der Waals surface area contributed by atoms with Gasteiger partial charge in [-0.25, -0.2) is 9.18 Å². The average Bonchev–Trinajstić information content (AvgIpc) is 2.91. The van der Waals surface area contributed by atoms with Crippen LogP contribution in [0.4, 0.5) is 4.39 Å². The average molecular weight is 291 g/mol. The second-order valence-electron chi connectivity index (χ2n) is 5.17. The van der Waals surface area contributed by atoms with Gasteiger partial charge in [-0.1, -0.05) is 12.1 Å². The fourth-order valence-electron chi connectivity index (χ4n) is 2.56. The van der Waals surface area contributed by atoms with Crippen molar-refractivity contribution >= 4 is 0 Å². The van der Waals surface area contributed by atoms with Crippen molar-refractivity contribution in [3.63, 3.8) is 0 Å². The van der Waals surface area contributed by atoms with E-state index in [2.05, 4.69) is 9.88 Å². The van der Waals surface area contributed by atoms with Crippen LogP contribution in [-0.4, -0.2) is 40.7 Å². The molecule has 0 amide bonds. The molecule has 1 aliphatic rings. The van der Waals surface area contributed by atoms with E-state index in [1.54, 1.807) is 29.1 Å². The molecule has 1 aromatic carbocycles. The number of morpholine rings is 1. The van der Waals surface area contributed by atoms with Crippen LogP contribution >= 0.6 is 0 Å². The SMILES string of the molecule is O=c1[nH]ccn1CCN1CCO[C@@H](c2ccc(F)cc2)C1. The van der Waals surface area contributed by atoms with Crippen LogP contribution in [0.3, 0.4) is 0 Å². The summed E-state index contributed by atoms with van der Waals surface area (Å²) in [4.78, 5) is 16.3. The Morgan fingerprint density at radius 1 is 1.29 bits per heavy atom. The molecule has 0 aliphatic carbocycles. The van der Waals surface area contributed by atoms with Crippen molar-refractivity contribution in [3.05, 3.63) is 58.5 Å². The molecule has 0 spiro atoms. The number of aromatic amines is 1. The molecule has 6 heteroatoms. The van der Waals surface area contributed by atoms with Crippen LogP contribution in [0.2, 0.25) is 0 Å². The standard InChI is InChI=1S/C15H18FN3O2/c16-13-3-1-12(2-4-13)14-11-18(9-10-21-14)7-8-19-6-5-17-15(19)20/h1-6,14H,7-11H2,(H,17,20)/t14-/m1/s1. The number of hydrogen-bond acceptors (Lipinski definition) is 3. The first kappa shape index (κ1) is 14.0. The van der Waals surface area contributed by atoms with Crippen molar-refractivity contribution in [1.29, 1.82) is 0 Å². The number of nitrogens with zero attached hydrogens (tertiary/aromatic N) is 2. The van der Waals surface area contributed by atoms with Crippen molar-refractivity contribution < 1.29 is 9.13 Å². The predicted octanol–water partition coefficient (Wildman–Crippen LogP) is 1.39. The van der Waals surface area contributed by atoms with Crippen LogP contribution in [0.5, 0.6) is 0 Å². The Kier molecular flexibility index (Phi) is 4.17. The Balaban J connectivity index is 1.59. The quantitative estimate of drug-likeness (QED) is 0.926. The Bertz CT molecular complexity index is 635. The fourth-order valence-corrected chi connectivity index (χ4v) is 2.56. The maximum atomic E-state index is 13.0. The van der Waals surface area contributed by atoms with Gasteiger partial charge in [0.15, 0.2) is 0 Å². The topological polar surface area (TPSA) is 50.3 Å². The Morgan fingerprint density at radius 2 is 2.10 bits per heavy atom. The number of hydrogen-bond donors (Lipinski definition) is 1. The molecular weight excluding hydrogens is 273 g/mol. The normalized spacial score (nSPS) is 19.8. The molecule has 1 N–H and O–H groups in total. The minimum atomic E-state index is -0.238. The highest BCUT2D eigenvalue weighted by atomic mass is 19.1. The van der Waals surface area contributed by atoms with Gasteiger partial charge in [-0.05, 0) is 17.7 Å². The van der Waals surface area contributed by atoms with Gasteiger partial charge in [0.2, 0.25) is 0 Å². The van der Waals surface area contributed by atoms with Gasteiger partial charge in [0.05, 0.1) is 12.7 Å². The van der Waals surface area contributed by atoms with Gasteiger partial charge in [0.25, 0.3) is 0 Å². The predicted molar refractivity (Wildman–Crippen MR) is 76.6 cm³/mol. The summed E-state index contributed by atoms with van der Waals surface area (Å²) in [5, 5.41) is 0. The summed E-state index contributed by atoms with van der Waals surface area (Å²) >= 11 is 0. The number of ether oxygens (including phenoxy) is 1. The summed E-state index contributed by atoms with van der Waals surface area (Å²) < 4.78 is 20.4. The van der Waals surface area contributed by atoms with E-state index >= 15 is 0 Å². The third-order valence-corrected chi connectivity index (χ3v) is 3.77. The molecule has 3 rings (SSSR count). The summed E-state index contributed by atoms with van der Waals surface area (Å²) in [5.41, 5.74) is 0.901. The molecule has 0 saturated carbocycles. The van der Waals surface area contributed by atoms with E-state index in [0.29, 0.717) is 13.2 Å². The van der Waals surface area contributed by atoms with Crippen molar-refractivity contribution in [3.8, 4) is 0 Å². The van der Waals surface area contributed by atoms with E-state index in [9.17, 15) is 9.18 Å². The third kappa shape index (κ3) is 3.40. The molecule has 1 saturated heterocycles.